The molecule has 0 saturated carbocycles. The van der Waals surface area contributed by atoms with Crippen molar-refractivity contribution in [2.75, 3.05) is 25.0 Å². The van der Waals surface area contributed by atoms with Crippen LogP contribution in [-0.4, -0.2) is 30.6 Å². The Morgan fingerprint density at radius 3 is 2.78 bits per heavy atom. The van der Waals surface area contributed by atoms with Crippen LogP contribution in [0.25, 0.3) is 0 Å². The number of rotatable bonds is 9. The number of guanidine groups is 1. The molecule has 2 aromatic heterocycles. The van der Waals surface area contributed by atoms with Crippen LogP contribution in [0.15, 0.2) is 46.9 Å². The Labute approximate surface area is 142 Å². The van der Waals surface area contributed by atoms with Gasteiger partial charge in [-0.25, -0.2) is 9.98 Å². The second-order valence-electron chi connectivity index (χ2n) is 5.05. The topological polar surface area (TPSA) is 61.3 Å². The summed E-state index contributed by atoms with van der Waals surface area (Å²) in [7, 11) is 0. The fourth-order valence-electron chi connectivity index (χ4n) is 2.04. The highest BCUT2D eigenvalue weighted by Gasteiger charge is 1.98. The van der Waals surface area contributed by atoms with Gasteiger partial charge in [0.1, 0.15) is 5.82 Å². The van der Waals surface area contributed by atoms with Crippen molar-refractivity contribution in [2.24, 2.45) is 4.99 Å². The number of hydrogen-bond donors (Lipinski definition) is 3. The number of thiophene rings is 1. The van der Waals surface area contributed by atoms with E-state index >= 15 is 0 Å². The molecule has 2 aromatic rings. The molecule has 0 aromatic carbocycles. The van der Waals surface area contributed by atoms with Crippen molar-refractivity contribution < 1.29 is 0 Å². The Morgan fingerprint density at radius 2 is 2.04 bits per heavy atom. The minimum Gasteiger partial charge on any atom is -0.370 e. The fourth-order valence-corrected chi connectivity index (χ4v) is 2.67. The van der Waals surface area contributed by atoms with E-state index in [1.807, 2.05) is 18.2 Å². The van der Waals surface area contributed by atoms with Gasteiger partial charge >= 0.3 is 0 Å². The Bertz CT molecular complexity index is 554. The van der Waals surface area contributed by atoms with Crippen LogP contribution in [0.3, 0.4) is 0 Å². The van der Waals surface area contributed by atoms with Crippen LogP contribution >= 0.6 is 11.3 Å². The fraction of sp³-hybridized carbons (Fsp3) is 0.412. The van der Waals surface area contributed by atoms with E-state index in [4.69, 9.17) is 0 Å². The van der Waals surface area contributed by atoms with Gasteiger partial charge in [0.2, 0.25) is 0 Å². The first kappa shape index (κ1) is 17.3. The van der Waals surface area contributed by atoms with E-state index in [9.17, 15) is 0 Å². The summed E-state index contributed by atoms with van der Waals surface area (Å²) in [5.41, 5.74) is 0. The van der Waals surface area contributed by atoms with Crippen LogP contribution < -0.4 is 16.0 Å². The summed E-state index contributed by atoms with van der Waals surface area (Å²) in [6, 6.07) is 10.1. The largest absolute Gasteiger partial charge is 0.370 e. The Hall–Kier alpha value is -2.08. The maximum absolute atomic E-state index is 4.60. The molecule has 0 unspecified atom stereocenters. The first-order chi connectivity index (χ1) is 11.4. The second-order valence-corrected chi connectivity index (χ2v) is 6.08. The van der Waals surface area contributed by atoms with Crippen LogP contribution in [-0.2, 0) is 6.54 Å². The minimum atomic E-state index is 0.730. The lowest BCUT2D eigenvalue weighted by molar-refractivity contribution is 0.712. The molecule has 0 aliphatic heterocycles. The maximum Gasteiger partial charge on any atom is 0.191 e. The monoisotopic (exact) mass is 331 g/mol. The Balaban J connectivity index is 1.61. The molecule has 0 amide bonds. The zero-order chi connectivity index (χ0) is 16.2. The molecular weight excluding hydrogens is 306 g/mol. The van der Waals surface area contributed by atoms with E-state index in [-0.39, 0.29) is 0 Å². The van der Waals surface area contributed by atoms with E-state index in [0.717, 1.165) is 50.8 Å². The highest BCUT2D eigenvalue weighted by molar-refractivity contribution is 7.09. The molecule has 2 rings (SSSR count). The smallest absolute Gasteiger partial charge is 0.191 e. The number of aliphatic imine (C=N–C) groups is 1. The molecule has 0 fully saturated rings. The average Bonchev–Trinajstić information content (AvgIpc) is 3.10. The normalized spacial score (nSPS) is 11.3. The third-order valence-corrected chi connectivity index (χ3v) is 4.05. The number of pyridine rings is 1. The van der Waals surface area contributed by atoms with Gasteiger partial charge in [-0.15, -0.1) is 11.3 Å². The molecule has 0 bridgehead atoms. The molecule has 0 saturated heterocycles. The molecule has 0 aliphatic carbocycles. The average molecular weight is 331 g/mol. The van der Waals surface area contributed by atoms with Gasteiger partial charge in [-0.1, -0.05) is 12.1 Å². The van der Waals surface area contributed by atoms with Crippen LogP contribution in [0.1, 0.15) is 24.6 Å². The molecule has 0 aliphatic rings. The first-order valence-corrected chi connectivity index (χ1v) is 8.96. The molecule has 0 radical (unpaired) electrons. The van der Waals surface area contributed by atoms with Crippen molar-refractivity contribution in [1.82, 2.24) is 15.6 Å². The van der Waals surface area contributed by atoms with E-state index in [1.54, 1.807) is 17.5 Å². The number of nitrogens with zero attached hydrogens (tertiary/aromatic N) is 2. The van der Waals surface area contributed by atoms with E-state index < -0.39 is 0 Å². The predicted molar refractivity (Wildman–Crippen MR) is 99.1 cm³/mol. The molecule has 6 heteroatoms. The summed E-state index contributed by atoms with van der Waals surface area (Å²) in [5.74, 6) is 1.82. The second kappa shape index (κ2) is 10.6. The number of hydrogen-bond acceptors (Lipinski definition) is 4. The van der Waals surface area contributed by atoms with Gasteiger partial charge in [-0.3, -0.25) is 0 Å². The van der Waals surface area contributed by atoms with Crippen molar-refractivity contribution in [2.45, 2.75) is 26.3 Å². The Morgan fingerprint density at radius 1 is 1.13 bits per heavy atom. The van der Waals surface area contributed by atoms with Gasteiger partial charge in [0.05, 0.1) is 6.54 Å². The van der Waals surface area contributed by atoms with Crippen molar-refractivity contribution >= 4 is 23.1 Å². The standard InChI is InChI=1S/C17H25N5S/c1-2-18-17(22-14-15-8-7-13-23-15)21-12-6-5-11-20-16-9-3-4-10-19-16/h3-4,7-10,13H,2,5-6,11-12,14H2,1H3,(H,19,20)(H2,18,21,22). The van der Waals surface area contributed by atoms with Crippen molar-refractivity contribution in [3.8, 4) is 0 Å². The van der Waals surface area contributed by atoms with Crippen LogP contribution in [0, 0.1) is 0 Å². The minimum absolute atomic E-state index is 0.730. The zero-order valence-corrected chi connectivity index (χ0v) is 14.4. The van der Waals surface area contributed by atoms with Crippen molar-refractivity contribution in [1.29, 1.82) is 0 Å². The lowest BCUT2D eigenvalue weighted by atomic mass is 10.3. The van der Waals surface area contributed by atoms with Crippen LogP contribution in [0.5, 0.6) is 0 Å². The number of aromatic nitrogens is 1. The first-order valence-electron chi connectivity index (χ1n) is 8.08. The highest BCUT2D eigenvalue weighted by Crippen LogP contribution is 2.09. The van der Waals surface area contributed by atoms with Gasteiger partial charge in [-0.2, -0.15) is 0 Å². The van der Waals surface area contributed by atoms with Crippen LogP contribution in [0.2, 0.25) is 0 Å². The third kappa shape index (κ3) is 7.15. The SMILES string of the molecule is CCNC(=NCc1cccs1)NCCCCNc1ccccn1. The van der Waals surface area contributed by atoms with Gasteiger partial charge in [0.25, 0.3) is 0 Å². The maximum atomic E-state index is 4.60. The molecule has 2 heterocycles. The molecule has 124 valence electrons. The van der Waals surface area contributed by atoms with Gasteiger partial charge in [0.15, 0.2) is 5.96 Å². The molecule has 3 N–H and O–H groups in total. The molecule has 0 spiro atoms. The van der Waals surface area contributed by atoms with Crippen LogP contribution in [0.4, 0.5) is 5.82 Å². The quantitative estimate of drug-likeness (QED) is 0.375. The summed E-state index contributed by atoms with van der Waals surface area (Å²) in [5, 5.41) is 12.1. The highest BCUT2D eigenvalue weighted by atomic mass is 32.1. The van der Waals surface area contributed by atoms with Gasteiger partial charge in [0, 0.05) is 30.7 Å². The number of nitrogens with one attached hydrogen (secondary N) is 3. The molecular formula is C17H25N5S. The van der Waals surface area contributed by atoms with E-state index in [1.165, 1.54) is 4.88 Å². The lowest BCUT2D eigenvalue weighted by Gasteiger charge is -2.11. The predicted octanol–water partition coefficient (Wildman–Crippen LogP) is 3.09. The summed E-state index contributed by atoms with van der Waals surface area (Å²) in [4.78, 5) is 10.1. The zero-order valence-electron chi connectivity index (χ0n) is 13.6. The van der Waals surface area contributed by atoms with Crippen molar-refractivity contribution in [3.05, 3.63) is 46.8 Å². The Kier molecular flexibility index (Phi) is 7.97. The summed E-state index contributed by atoms with van der Waals surface area (Å²) < 4.78 is 0. The summed E-state index contributed by atoms with van der Waals surface area (Å²) in [6.45, 7) is 5.53. The third-order valence-electron chi connectivity index (χ3n) is 3.18. The summed E-state index contributed by atoms with van der Waals surface area (Å²) >= 11 is 1.74. The summed E-state index contributed by atoms with van der Waals surface area (Å²) in [6.07, 6.45) is 3.98. The van der Waals surface area contributed by atoms with Crippen molar-refractivity contribution in [3.63, 3.8) is 0 Å². The number of unbranched alkanes of at least 4 members (excludes halogenated alkanes) is 1. The molecule has 5 nitrogen and oxygen atoms in total. The van der Waals surface area contributed by atoms with E-state index in [0.29, 0.717) is 0 Å². The molecule has 0 atom stereocenters. The van der Waals surface area contributed by atoms with Gasteiger partial charge < -0.3 is 16.0 Å². The lowest BCUT2D eigenvalue weighted by Crippen LogP contribution is -2.37. The van der Waals surface area contributed by atoms with E-state index in [2.05, 4.69) is 50.4 Å². The van der Waals surface area contributed by atoms with Gasteiger partial charge in [-0.05, 0) is 43.3 Å². The number of anilines is 1. The molecule has 23 heavy (non-hydrogen) atoms.